The van der Waals surface area contributed by atoms with Gasteiger partial charge in [0.15, 0.2) is 5.69 Å². The minimum Gasteiger partial charge on any atom is -0.343 e. The number of thiazole rings is 1. The standard InChI is InChI=1S/C16H14F3N5OS/c1-9(15-23-12(8-26-15)16(17,18)19)22-14(25)11-4-3-5-20-13(11)10-6-21-24(2)7-10/h3-9H,1-2H3,(H,22,25). The quantitative estimate of drug-likeness (QED) is 0.751. The largest absolute Gasteiger partial charge is 0.434 e. The highest BCUT2D eigenvalue weighted by atomic mass is 32.1. The van der Waals surface area contributed by atoms with E-state index < -0.39 is 23.8 Å². The Balaban J connectivity index is 1.81. The SMILES string of the molecule is CC(NC(=O)c1cccnc1-c1cnn(C)c1)c1nc(C(F)(F)F)cs1. The number of aromatic nitrogens is 4. The van der Waals surface area contributed by atoms with Crippen molar-refractivity contribution in [2.45, 2.75) is 19.1 Å². The summed E-state index contributed by atoms with van der Waals surface area (Å²) >= 11 is 0.851. The van der Waals surface area contributed by atoms with Gasteiger partial charge < -0.3 is 5.32 Å². The molecule has 26 heavy (non-hydrogen) atoms. The molecule has 3 aromatic heterocycles. The Bertz CT molecular complexity index is 934. The Morgan fingerprint density at radius 1 is 1.38 bits per heavy atom. The van der Waals surface area contributed by atoms with E-state index in [1.165, 1.54) is 0 Å². The van der Waals surface area contributed by atoms with Crippen LogP contribution in [-0.2, 0) is 13.2 Å². The molecule has 0 saturated carbocycles. The summed E-state index contributed by atoms with van der Waals surface area (Å²) in [6.45, 7) is 1.58. The highest BCUT2D eigenvalue weighted by Crippen LogP contribution is 2.31. The molecule has 0 aliphatic rings. The summed E-state index contributed by atoms with van der Waals surface area (Å²) in [6.07, 6.45) is 0.353. The number of carbonyl (C=O) groups is 1. The van der Waals surface area contributed by atoms with Crippen LogP contribution in [0, 0.1) is 0 Å². The van der Waals surface area contributed by atoms with Crippen LogP contribution in [-0.4, -0.2) is 25.7 Å². The zero-order valence-corrected chi connectivity index (χ0v) is 14.6. The minimum atomic E-state index is -4.50. The Morgan fingerprint density at radius 3 is 2.77 bits per heavy atom. The first-order valence-electron chi connectivity index (χ1n) is 7.53. The zero-order chi connectivity index (χ0) is 18.9. The van der Waals surface area contributed by atoms with Gasteiger partial charge >= 0.3 is 6.18 Å². The van der Waals surface area contributed by atoms with E-state index in [0.717, 1.165) is 16.7 Å². The van der Waals surface area contributed by atoms with Crippen molar-refractivity contribution >= 4 is 17.2 Å². The highest BCUT2D eigenvalue weighted by molar-refractivity contribution is 7.09. The lowest BCUT2D eigenvalue weighted by molar-refractivity contribution is -0.140. The van der Waals surface area contributed by atoms with Crippen LogP contribution in [0.25, 0.3) is 11.3 Å². The van der Waals surface area contributed by atoms with Crippen molar-refractivity contribution in [3.05, 3.63) is 52.4 Å². The molecule has 0 aromatic carbocycles. The molecule has 3 heterocycles. The Kier molecular flexibility index (Phi) is 4.77. The van der Waals surface area contributed by atoms with E-state index in [9.17, 15) is 18.0 Å². The second kappa shape index (κ2) is 6.87. The fraction of sp³-hybridized carbons (Fsp3) is 0.250. The van der Waals surface area contributed by atoms with Crippen LogP contribution < -0.4 is 5.32 Å². The third-order valence-corrected chi connectivity index (χ3v) is 4.59. The third-order valence-electron chi connectivity index (χ3n) is 3.56. The predicted molar refractivity (Wildman–Crippen MR) is 89.4 cm³/mol. The fourth-order valence-electron chi connectivity index (χ4n) is 2.31. The molecule has 1 atom stereocenters. The highest BCUT2D eigenvalue weighted by Gasteiger charge is 2.34. The summed E-state index contributed by atoms with van der Waals surface area (Å²) in [5, 5.41) is 7.84. The summed E-state index contributed by atoms with van der Waals surface area (Å²) in [5.41, 5.74) is 0.455. The molecular weight excluding hydrogens is 367 g/mol. The summed E-state index contributed by atoms with van der Waals surface area (Å²) < 4.78 is 39.6. The number of hydrogen-bond acceptors (Lipinski definition) is 5. The maximum absolute atomic E-state index is 12.7. The molecule has 3 aromatic rings. The van der Waals surface area contributed by atoms with E-state index in [1.54, 1.807) is 49.4 Å². The number of nitrogens with one attached hydrogen (secondary N) is 1. The molecule has 0 bridgehead atoms. The van der Waals surface area contributed by atoms with E-state index in [2.05, 4.69) is 20.4 Å². The van der Waals surface area contributed by atoms with Gasteiger partial charge in [-0.25, -0.2) is 4.98 Å². The van der Waals surface area contributed by atoms with Crippen LogP contribution in [0.2, 0.25) is 0 Å². The van der Waals surface area contributed by atoms with Crippen LogP contribution in [0.15, 0.2) is 36.1 Å². The first-order chi connectivity index (χ1) is 12.3. The van der Waals surface area contributed by atoms with Crippen LogP contribution in [0.5, 0.6) is 0 Å². The molecule has 0 spiro atoms. The van der Waals surface area contributed by atoms with Crippen LogP contribution in [0.1, 0.15) is 34.0 Å². The summed E-state index contributed by atoms with van der Waals surface area (Å²) in [4.78, 5) is 20.4. The molecule has 3 rings (SSSR count). The molecular formula is C16H14F3N5OS. The average Bonchev–Trinajstić information content (AvgIpc) is 3.23. The number of aryl methyl sites for hydroxylation is 1. The Labute approximate surface area is 150 Å². The number of alkyl halides is 3. The number of carbonyl (C=O) groups excluding carboxylic acids is 1. The Hall–Kier alpha value is -2.75. The van der Waals surface area contributed by atoms with Gasteiger partial charge in [-0.1, -0.05) is 0 Å². The average molecular weight is 381 g/mol. The lowest BCUT2D eigenvalue weighted by Crippen LogP contribution is -2.27. The van der Waals surface area contributed by atoms with E-state index in [0.29, 0.717) is 16.8 Å². The van der Waals surface area contributed by atoms with Gasteiger partial charge in [-0.2, -0.15) is 18.3 Å². The number of nitrogens with zero attached hydrogens (tertiary/aromatic N) is 4. The van der Waals surface area contributed by atoms with E-state index in [-0.39, 0.29) is 5.01 Å². The van der Waals surface area contributed by atoms with Crippen LogP contribution in [0.4, 0.5) is 13.2 Å². The Morgan fingerprint density at radius 2 is 2.15 bits per heavy atom. The van der Waals surface area contributed by atoms with Gasteiger partial charge in [-0.05, 0) is 19.1 Å². The number of pyridine rings is 1. The first kappa shape index (κ1) is 18.1. The van der Waals surface area contributed by atoms with Crippen molar-refractivity contribution < 1.29 is 18.0 Å². The molecule has 1 unspecified atom stereocenters. The second-order valence-electron chi connectivity index (χ2n) is 5.57. The lowest BCUT2D eigenvalue weighted by atomic mass is 10.1. The monoisotopic (exact) mass is 381 g/mol. The molecule has 0 aliphatic carbocycles. The van der Waals surface area contributed by atoms with Crippen molar-refractivity contribution in [2.75, 3.05) is 0 Å². The molecule has 1 N–H and O–H groups in total. The number of rotatable bonds is 4. The van der Waals surface area contributed by atoms with E-state index in [1.807, 2.05) is 0 Å². The van der Waals surface area contributed by atoms with Gasteiger partial charge in [0.25, 0.3) is 5.91 Å². The molecule has 0 saturated heterocycles. The molecule has 1 amide bonds. The van der Waals surface area contributed by atoms with Crippen molar-refractivity contribution in [3.63, 3.8) is 0 Å². The summed E-state index contributed by atoms with van der Waals surface area (Å²) in [6, 6.07) is 2.54. The number of hydrogen-bond donors (Lipinski definition) is 1. The predicted octanol–water partition coefficient (Wildman–Crippen LogP) is 3.45. The third kappa shape index (κ3) is 3.74. The summed E-state index contributed by atoms with van der Waals surface area (Å²) in [7, 11) is 1.74. The molecule has 10 heteroatoms. The fourth-order valence-corrected chi connectivity index (χ4v) is 3.15. The van der Waals surface area contributed by atoms with Crippen LogP contribution >= 0.6 is 11.3 Å². The van der Waals surface area contributed by atoms with Crippen LogP contribution in [0.3, 0.4) is 0 Å². The smallest absolute Gasteiger partial charge is 0.343 e. The van der Waals surface area contributed by atoms with Gasteiger partial charge in [0, 0.05) is 30.4 Å². The molecule has 0 radical (unpaired) electrons. The number of halogens is 3. The topological polar surface area (TPSA) is 72.7 Å². The van der Waals surface area contributed by atoms with Crippen molar-refractivity contribution in [1.29, 1.82) is 0 Å². The second-order valence-corrected chi connectivity index (χ2v) is 6.46. The maximum atomic E-state index is 12.7. The van der Waals surface area contributed by atoms with Gasteiger partial charge in [-0.15, -0.1) is 11.3 Å². The van der Waals surface area contributed by atoms with Crippen molar-refractivity contribution in [2.24, 2.45) is 7.05 Å². The molecule has 136 valence electrons. The molecule has 0 fully saturated rings. The minimum absolute atomic E-state index is 0.178. The molecule has 6 nitrogen and oxygen atoms in total. The summed E-state index contributed by atoms with van der Waals surface area (Å²) in [5.74, 6) is -0.451. The van der Waals surface area contributed by atoms with Crippen molar-refractivity contribution in [1.82, 2.24) is 25.1 Å². The maximum Gasteiger partial charge on any atom is 0.434 e. The first-order valence-corrected chi connectivity index (χ1v) is 8.41. The van der Waals surface area contributed by atoms with Gasteiger partial charge in [0.05, 0.1) is 23.5 Å². The van der Waals surface area contributed by atoms with Gasteiger partial charge in [-0.3, -0.25) is 14.5 Å². The normalized spacial score (nSPS) is 12.8. The molecule has 0 aliphatic heterocycles. The van der Waals surface area contributed by atoms with Gasteiger partial charge in [0.2, 0.25) is 0 Å². The van der Waals surface area contributed by atoms with Gasteiger partial charge in [0.1, 0.15) is 5.01 Å². The zero-order valence-electron chi connectivity index (χ0n) is 13.8. The number of amides is 1. The van der Waals surface area contributed by atoms with E-state index >= 15 is 0 Å². The van der Waals surface area contributed by atoms with E-state index in [4.69, 9.17) is 0 Å². The lowest BCUT2D eigenvalue weighted by Gasteiger charge is -2.13. The van der Waals surface area contributed by atoms with Crippen molar-refractivity contribution in [3.8, 4) is 11.3 Å².